The van der Waals surface area contributed by atoms with Crippen LogP contribution in [0.3, 0.4) is 0 Å². The topological polar surface area (TPSA) is 47.6 Å². The molecule has 0 bridgehead atoms. The molecule has 0 aliphatic heterocycles. The van der Waals surface area contributed by atoms with Crippen molar-refractivity contribution in [3.05, 3.63) is 35.9 Å². The van der Waals surface area contributed by atoms with Crippen LogP contribution in [-0.4, -0.2) is 28.8 Å². The van der Waals surface area contributed by atoms with Crippen LogP contribution in [0.15, 0.2) is 30.3 Å². The molecule has 0 aliphatic rings. The van der Waals surface area contributed by atoms with E-state index in [0.29, 0.717) is 6.61 Å². The zero-order valence-corrected chi connectivity index (χ0v) is 14.3. The van der Waals surface area contributed by atoms with Crippen LogP contribution in [0.2, 0.25) is 0 Å². The minimum absolute atomic E-state index is 0.0434. The number of rotatable bonds is 6. The first-order chi connectivity index (χ1) is 9.40. The first-order valence-electron chi connectivity index (χ1n) is 6.58. The Bertz CT molecular complexity index is 403. The van der Waals surface area contributed by atoms with Crippen LogP contribution in [0.25, 0.3) is 0 Å². The van der Waals surface area contributed by atoms with E-state index in [0.717, 1.165) is 9.99 Å². The lowest BCUT2D eigenvalue weighted by molar-refractivity contribution is -0.0115. The molecule has 4 nitrogen and oxygen atoms in total. The Balaban J connectivity index is 2.32. The van der Waals surface area contributed by atoms with E-state index in [1.807, 2.05) is 51.1 Å². The number of alkyl carbamates (subject to hydrolysis) is 1. The van der Waals surface area contributed by atoms with Crippen LogP contribution in [0, 0.1) is 0 Å². The molecule has 0 aromatic heterocycles. The molecule has 5 heteroatoms. The molecule has 1 amide bonds. The minimum Gasteiger partial charge on any atom is -0.445 e. The summed E-state index contributed by atoms with van der Waals surface area (Å²) in [6, 6.07) is 9.57. The Hall–Kier alpha value is -0.820. The van der Waals surface area contributed by atoms with Crippen molar-refractivity contribution in [3.63, 3.8) is 0 Å². The Morgan fingerprint density at radius 1 is 1.30 bits per heavy atom. The maximum absolute atomic E-state index is 11.7. The first kappa shape index (κ1) is 17.2. The molecular weight excluding hydrogens is 369 g/mol. The number of benzene rings is 1. The summed E-state index contributed by atoms with van der Waals surface area (Å²) in [5, 5.41) is 2.82. The molecule has 0 spiro atoms. The summed E-state index contributed by atoms with van der Waals surface area (Å²) in [5.41, 5.74) is 0.763. The fraction of sp³-hybridized carbons (Fsp3) is 0.533. The molecule has 1 atom stereocenters. The number of carbonyl (C=O) groups excluding carboxylic acids is 1. The highest BCUT2D eigenvalue weighted by Crippen LogP contribution is 2.08. The summed E-state index contributed by atoms with van der Waals surface area (Å²) in [6.45, 7) is 6.73. The molecule has 112 valence electrons. The second kappa shape index (κ2) is 8.46. The normalized spacial score (nSPS) is 12.8. The van der Waals surface area contributed by atoms with Gasteiger partial charge in [-0.05, 0) is 26.3 Å². The smallest absolute Gasteiger partial charge is 0.407 e. The van der Waals surface area contributed by atoms with Gasteiger partial charge in [0.15, 0.2) is 0 Å². The van der Waals surface area contributed by atoms with Crippen LogP contribution >= 0.6 is 22.6 Å². The molecule has 1 aromatic carbocycles. The molecule has 0 saturated heterocycles. The summed E-state index contributed by atoms with van der Waals surface area (Å²) < 4.78 is 11.6. The molecule has 1 unspecified atom stereocenters. The van der Waals surface area contributed by atoms with Crippen molar-refractivity contribution in [1.29, 1.82) is 0 Å². The maximum atomic E-state index is 11.7. The molecule has 20 heavy (non-hydrogen) atoms. The maximum Gasteiger partial charge on any atom is 0.407 e. The zero-order chi connectivity index (χ0) is 15.0. The van der Waals surface area contributed by atoms with Gasteiger partial charge >= 0.3 is 6.09 Å². The van der Waals surface area contributed by atoms with E-state index in [4.69, 9.17) is 9.47 Å². The van der Waals surface area contributed by atoms with Gasteiger partial charge in [-0.1, -0.05) is 52.9 Å². The number of hydrogen-bond donors (Lipinski definition) is 1. The predicted octanol–water partition coefficient (Wildman–Crippen LogP) is 3.53. The number of ether oxygens (including phenoxy) is 2. The lowest BCUT2D eigenvalue weighted by Crippen LogP contribution is -2.41. The fourth-order valence-corrected chi connectivity index (χ4v) is 1.88. The third kappa shape index (κ3) is 7.69. The van der Waals surface area contributed by atoms with Crippen LogP contribution in [0.5, 0.6) is 0 Å². The number of alkyl halides is 1. The minimum atomic E-state index is -0.409. The molecule has 1 N–H and O–H groups in total. The number of hydrogen-bond acceptors (Lipinski definition) is 3. The first-order valence-corrected chi connectivity index (χ1v) is 8.10. The van der Waals surface area contributed by atoms with Crippen molar-refractivity contribution in [2.45, 2.75) is 39.0 Å². The Labute approximate surface area is 134 Å². The van der Waals surface area contributed by atoms with Gasteiger partial charge in [-0.2, -0.15) is 0 Å². The lowest BCUT2D eigenvalue weighted by atomic mass is 10.2. The van der Waals surface area contributed by atoms with Crippen molar-refractivity contribution < 1.29 is 14.3 Å². The third-order valence-corrected chi connectivity index (χ3v) is 3.50. The molecule has 0 saturated carbocycles. The van der Waals surface area contributed by atoms with Crippen LogP contribution < -0.4 is 5.32 Å². The Kier molecular flexibility index (Phi) is 7.29. The van der Waals surface area contributed by atoms with Gasteiger partial charge in [0.2, 0.25) is 0 Å². The molecule has 1 aromatic rings. The molecule has 0 radical (unpaired) electrons. The summed E-state index contributed by atoms with van der Waals surface area (Å²) in [5.74, 6) is 0. The van der Waals surface area contributed by atoms with E-state index in [2.05, 4.69) is 27.9 Å². The van der Waals surface area contributed by atoms with Gasteiger partial charge in [0.25, 0.3) is 0 Å². The highest BCUT2D eigenvalue weighted by Gasteiger charge is 2.17. The van der Waals surface area contributed by atoms with Crippen LogP contribution in [0.1, 0.15) is 26.3 Å². The SMILES string of the molecule is CC(C)(C)OCC(CI)NC(=O)OCc1ccccc1. The molecule has 0 aliphatic carbocycles. The van der Waals surface area contributed by atoms with Crippen LogP contribution in [-0.2, 0) is 16.1 Å². The Morgan fingerprint density at radius 2 is 1.95 bits per heavy atom. The Morgan fingerprint density at radius 3 is 2.50 bits per heavy atom. The monoisotopic (exact) mass is 391 g/mol. The fourth-order valence-electron chi connectivity index (χ4n) is 1.41. The van der Waals surface area contributed by atoms with E-state index in [1.165, 1.54) is 0 Å². The largest absolute Gasteiger partial charge is 0.445 e. The summed E-state index contributed by atoms with van der Waals surface area (Å²) >= 11 is 2.22. The third-order valence-electron chi connectivity index (χ3n) is 2.44. The van der Waals surface area contributed by atoms with Gasteiger partial charge in [-0.25, -0.2) is 4.79 Å². The van der Waals surface area contributed by atoms with E-state index < -0.39 is 6.09 Å². The van der Waals surface area contributed by atoms with Gasteiger partial charge in [-0.15, -0.1) is 0 Å². The lowest BCUT2D eigenvalue weighted by Gasteiger charge is -2.24. The summed E-state index contributed by atoms with van der Waals surface area (Å²) in [7, 11) is 0. The van der Waals surface area contributed by atoms with E-state index in [9.17, 15) is 4.79 Å². The number of nitrogens with one attached hydrogen (secondary N) is 1. The second-order valence-electron chi connectivity index (χ2n) is 5.48. The van der Waals surface area contributed by atoms with Crippen molar-refractivity contribution in [2.24, 2.45) is 0 Å². The van der Waals surface area contributed by atoms with Crippen molar-refractivity contribution in [3.8, 4) is 0 Å². The zero-order valence-electron chi connectivity index (χ0n) is 12.2. The predicted molar refractivity (Wildman–Crippen MR) is 88.1 cm³/mol. The van der Waals surface area contributed by atoms with Gasteiger partial charge in [-0.3, -0.25) is 0 Å². The standard InChI is InChI=1S/C15H22INO3/c1-15(2,3)20-11-13(9-16)17-14(18)19-10-12-7-5-4-6-8-12/h4-8,13H,9-11H2,1-3H3,(H,17,18). The van der Waals surface area contributed by atoms with Gasteiger partial charge < -0.3 is 14.8 Å². The van der Waals surface area contributed by atoms with E-state index >= 15 is 0 Å². The summed E-state index contributed by atoms with van der Waals surface area (Å²) in [4.78, 5) is 11.7. The van der Waals surface area contributed by atoms with Crippen molar-refractivity contribution >= 4 is 28.7 Å². The van der Waals surface area contributed by atoms with E-state index in [1.54, 1.807) is 0 Å². The average molecular weight is 391 g/mol. The number of halogens is 1. The average Bonchev–Trinajstić information content (AvgIpc) is 2.41. The number of amides is 1. The molecule has 0 fully saturated rings. The van der Waals surface area contributed by atoms with Gasteiger partial charge in [0.05, 0.1) is 18.2 Å². The molecular formula is C15H22INO3. The second-order valence-corrected chi connectivity index (χ2v) is 6.36. The van der Waals surface area contributed by atoms with E-state index in [-0.39, 0.29) is 18.2 Å². The van der Waals surface area contributed by atoms with Crippen LogP contribution in [0.4, 0.5) is 4.79 Å². The van der Waals surface area contributed by atoms with Crippen molar-refractivity contribution in [2.75, 3.05) is 11.0 Å². The highest BCUT2D eigenvalue weighted by molar-refractivity contribution is 14.1. The summed E-state index contributed by atoms with van der Waals surface area (Å²) in [6.07, 6.45) is -0.409. The van der Waals surface area contributed by atoms with Gasteiger partial charge in [0, 0.05) is 4.43 Å². The quantitative estimate of drug-likeness (QED) is 0.596. The molecule has 1 rings (SSSR count). The van der Waals surface area contributed by atoms with Crippen molar-refractivity contribution in [1.82, 2.24) is 5.32 Å². The number of carbonyl (C=O) groups is 1. The highest BCUT2D eigenvalue weighted by atomic mass is 127. The molecule has 0 heterocycles. The van der Waals surface area contributed by atoms with Gasteiger partial charge in [0.1, 0.15) is 6.61 Å².